The Balaban J connectivity index is 2.19. The van der Waals surface area contributed by atoms with Gasteiger partial charge in [-0.3, -0.25) is 0 Å². The van der Waals surface area contributed by atoms with Gasteiger partial charge in [-0.1, -0.05) is 91.8 Å². The van der Waals surface area contributed by atoms with Crippen LogP contribution in [-0.4, -0.2) is 19.3 Å². The zero-order chi connectivity index (χ0) is 23.1. The molecule has 0 amide bonds. The maximum atomic E-state index is 14.1. The van der Waals surface area contributed by atoms with E-state index in [0.717, 1.165) is 18.7 Å². The molecule has 1 atom stereocenters. The van der Waals surface area contributed by atoms with Crippen LogP contribution in [0.1, 0.15) is 108 Å². The van der Waals surface area contributed by atoms with Crippen LogP contribution < -0.4 is 10.6 Å². The molecule has 0 saturated carbocycles. The van der Waals surface area contributed by atoms with Gasteiger partial charge in [-0.25, -0.2) is 4.39 Å². The van der Waals surface area contributed by atoms with Crippen LogP contribution in [0.5, 0.6) is 0 Å². The van der Waals surface area contributed by atoms with Crippen molar-refractivity contribution in [1.82, 2.24) is 0 Å². The number of benzene rings is 2. The van der Waals surface area contributed by atoms with Crippen LogP contribution in [0, 0.1) is 0 Å². The normalized spacial score (nSPS) is 12.8. The molecule has 0 aliphatic heterocycles. The van der Waals surface area contributed by atoms with Crippen LogP contribution in [0.25, 0.3) is 0 Å². The topological polar surface area (TPSA) is 24.1 Å². The zero-order valence-corrected chi connectivity index (χ0v) is 20.9. The molecule has 0 spiro atoms. The van der Waals surface area contributed by atoms with Crippen LogP contribution in [0.2, 0.25) is 0 Å². The summed E-state index contributed by atoms with van der Waals surface area (Å²) in [6.07, 6.45) is 0.727. The Kier molecular flexibility index (Phi) is 9.40. The van der Waals surface area contributed by atoms with Crippen molar-refractivity contribution in [1.29, 1.82) is 0 Å². The third kappa shape index (κ3) is 6.48. The van der Waals surface area contributed by atoms with Crippen molar-refractivity contribution in [3.8, 4) is 0 Å². The van der Waals surface area contributed by atoms with Gasteiger partial charge in [0.15, 0.2) is 0 Å². The molecular weight excluding hydrogens is 383 g/mol. The summed E-state index contributed by atoms with van der Waals surface area (Å²) in [6.45, 7) is 18.1. The van der Waals surface area contributed by atoms with Crippen molar-refractivity contribution in [3.05, 3.63) is 58.7 Å². The highest BCUT2D eigenvalue weighted by Crippen LogP contribution is 2.34. The summed E-state index contributed by atoms with van der Waals surface area (Å²) >= 11 is 0. The predicted molar refractivity (Wildman–Crippen MR) is 136 cm³/mol. The lowest BCUT2D eigenvalue weighted by atomic mass is 9.92. The molecule has 0 aromatic heterocycles. The summed E-state index contributed by atoms with van der Waals surface area (Å²) in [4.78, 5) is 0. The summed E-state index contributed by atoms with van der Waals surface area (Å²) in [5.74, 6) is 1.68. The Morgan fingerprint density at radius 1 is 0.645 bits per heavy atom. The number of hydrogen-bond donors (Lipinski definition) is 2. The summed E-state index contributed by atoms with van der Waals surface area (Å²) in [7, 11) is 0. The Hall–Kier alpha value is -2.03. The molecule has 0 fully saturated rings. The Labute approximate surface area is 190 Å². The van der Waals surface area contributed by atoms with E-state index in [1.54, 1.807) is 0 Å². The maximum absolute atomic E-state index is 14.1. The predicted octanol–water partition coefficient (Wildman–Crippen LogP) is 8.43. The number of alkyl halides is 1. The van der Waals surface area contributed by atoms with E-state index in [0.29, 0.717) is 23.7 Å². The number of rotatable bonds is 11. The average Bonchev–Trinajstić information content (AvgIpc) is 2.72. The summed E-state index contributed by atoms with van der Waals surface area (Å²) in [6, 6.07) is 12.8. The Morgan fingerprint density at radius 2 is 1.03 bits per heavy atom. The van der Waals surface area contributed by atoms with Crippen LogP contribution in [-0.2, 0) is 0 Å². The van der Waals surface area contributed by atoms with E-state index >= 15 is 0 Å². The molecular formula is C28H43FN2. The Bertz CT molecular complexity index is 771. The van der Waals surface area contributed by atoms with Crippen molar-refractivity contribution >= 4 is 11.4 Å². The van der Waals surface area contributed by atoms with Gasteiger partial charge in [0.2, 0.25) is 0 Å². The third-order valence-corrected chi connectivity index (χ3v) is 6.08. The standard InChI is InChI=1S/C28H43FN2/c1-18(2)23-11-9-12-24(19(3)4)27(23)30-16-15-22(17-29)31-28-25(20(5)6)13-10-14-26(28)21(7)8/h9-14,18-22,30-31H,15-17H2,1-8H3. The quantitative estimate of drug-likeness (QED) is 0.377. The first kappa shape index (κ1) is 25.2. The van der Waals surface area contributed by atoms with Gasteiger partial charge in [-0.05, 0) is 52.3 Å². The molecule has 0 heterocycles. The van der Waals surface area contributed by atoms with E-state index in [1.165, 1.54) is 27.9 Å². The van der Waals surface area contributed by atoms with E-state index in [1.807, 2.05) is 0 Å². The molecule has 2 aromatic rings. The highest BCUT2D eigenvalue weighted by Gasteiger charge is 2.18. The molecule has 0 saturated heterocycles. The van der Waals surface area contributed by atoms with Gasteiger partial charge in [-0.15, -0.1) is 0 Å². The minimum Gasteiger partial charge on any atom is -0.385 e. The summed E-state index contributed by atoms with van der Waals surface area (Å²) in [5.41, 5.74) is 7.57. The lowest BCUT2D eigenvalue weighted by molar-refractivity contribution is 0.434. The zero-order valence-electron chi connectivity index (χ0n) is 20.9. The van der Waals surface area contributed by atoms with Crippen molar-refractivity contribution in [2.75, 3.05) is 23.9 Å². The maximum Gasteiger partial charge on any atom is 0.110 e. The monoisotopic (exact) mass is 426 g/mol. The molecule has 1 unspecified atom stereocenters. The molecule has 31 heavy (non-hydrogen) atoms. The van der Waals surface area contributed by atoms with Crippen molar-refractivity contribution in [2.24, 2.45) is 0 Å². The van der Waals surface area contributed by atoms with E-state index in [4.69, 9.17) is 0 Å². The molecule has 2 aromatic carbocycles. The first-order valence-electron chi connectivity index (χ1n) is 12.0. The minimum absolute atomic E-state index is 0.210. The third-order valence-electron chi connectivity index (χ3n) is 6.08. The second-order valence-corrected chi connectivity index (χ2v) is 9.95. The van der Waals surface area contributed by atoms with Gasteiger partial charge in [0.05, 0.1) is 6.04 Å². The van der Waals surface area contributed by atoms with Gasteiger partial charge >= 0.3 is 0 Å². The first-order valence-corrected chi connectivity index (χ1v) is 12.0. The van der Waals surface area contributed by atoms with Crippen molar-refractivity contribution in [3.63, 3.8) is 0 Å². The number of hydrogen-bond acceptors (Lipinski definition) is 2. The number of para-hydroxylation sites is 2. The molecule has 0 aliphatic rings. The molecule has 2 nitrogen and oxygen atoms in total. The number of halogens is 1. The van der Waals surface area contributed by atoms with Crippen LogP contribution in [0.15, 0.2) is 36.4 Å². The highest BCUT2D eigenvalue weighted by atomic mass is 19.1. The second-order valence-electron chi connectivity index (χ2n) is 9.95. The van der Waals surface area contributed by atoms with Crippen LogP contribution in [0.3, 0.4) is 0 Å². The molecule has 2 N–H and O–H groups in total. The molecule has 0 aliphatic carbocycles. The molecule has 3 heteroatoms. The fourth-order valence-electron chi connectivity index (χ4n) is 4.24. The lowest BCUT2D eigenvalue weighted by Gasteiger charge is -2.26. The largest absolute Gasteiger partial charge is 0.385 e. The fourth-order valence-corrected chi connectivity index (χ4v) is 4.24. The van der Waals surface area contributed by atoms with Crippen molar-refractivity contribution < 1.29 is 4.39 Å². The van der Waals surface area contributed by atoms with Gasteiger partial charge in [0, 0.05) is 17.9 Å². The van der Waals surface area contributed by atoms with Gasteiger partial charge < -0.3 is 10.6 Å². The summed E-state index contributed by atoms with van der Waals surface area (Å²) in [5, 5.41) is 7.24. The van der Waals surface area contributed by atoms with Gasteiger partial charge in [-0.2, -0.15) is 0 Å². The smallest absolute Gasteiger partial charge is 0.110 e. The number of anilines is 2. The molecule has 0 bridgehead atoms. The minimum atomic E-state index is -0.380. The van der Waals surface area contributed by atoms with Crippen LogP contribution >= 0.6 is 0 Å². The Morgan fingerprint density at radius 3 is 1.39 bits per heavy atom. The fraction of sp³-hybridized carbons (Fsp3) is 0.571. The molecule has 0 radical (unpaired) electrons. The van der Waals surface area contributed by atoms with Crippen LogP contribution in [0.4, 0.5) is 15.8 Å². The lowest BCUT2D eigenvalue weighted by Crippen LogP contribution is -2.27. The van der Waals surface area contributed by atoms with E-state index in [2.05, 4.69) is 102 Å². The second kappa shape index (κ2) is 11.5. The first-order chi connectivity index (χ1) is 14.7. The van der Waals surface area contributed by atoms with Gasteiger partial charge in [0.1, 0.15) is 6.67 Å². The molecule has 2 rings (SSSR count). The van der Waals surface area contributed by atoms with Gasteiger partial charge in [0.25, 0.3) is 0 Å². The van der Waals surface area contributed by atoms with Crippen molar-refractivity contribution in [2.45, 2.75) is 91.5 Å². The van der Waals surface area contributed by atoms with E-state index in [-0.39, 0.29) is 12.7 Å². The number of nitrogens with one attached hydrogen (secondary N) is 2. The molecule has 172 valence electrons. The van der Waals surface area contributed by atoms with E-state index < -0.39 is 0 Å². The summed E-state index contributed by atoms with van der Waals surface area (Å²) < 4.78 is 14.1. The highest BCUT2D eigenvalue weighted by molar-refractivity contribution is 5.61. The van der Waals surface area contributed by atoms with E-state index in [9.17, 15) is 4.39 Å². The SMILES string of the molecule is CC(C)c1cccc(C(C)C)c1NCCC(CF)Nc1c(C(C)C)cccc1C(C)C. The average molecular weight is 427 g/mol.